The monoisotopic (exact) mass is 410 g/mol. The number of rotatable bonds is 5. The average Bonchev–Trinajstić information content (AvgIpc) is 3.46. The Morgan fingerprint density at radius 3 is 2.93 bits per heavy atom. The second-order valence-corrected chi connectivity index (χ2v) is 10.1. The first-order valence-corrected chi connectivity index (χ1v) is 11.4. The van der Waals surface area contributed by atoms with E-state index in [9.17, 15) is 4.79 Å². The maximum atomic E-state index is 12.0. The smallest absolute Gasteiger partial charge is 0.195 e. The van der Waals surface area contributed by atoms with Crippen molar-refractivity contribution in [1.29, 1.82) is 0 Å². The minimum Gasteiger partial charge on any atom is -0.353 e. The van der Waals surface area contributed by atoms with E-state index in [1.165, 1.54) is 25.0 Å². The van der Waals surface area contributed by atoms with Crippen LogP contribution < -0.4 is 0 Å². The minimum atomic E-state index is 0.000825. The molecule has 0 spiro atoms. The van der Waals surface area contributed by atoms with E-state index >= 15 is 0 Å². The lowest BCUT2D eigenvalue weighted by atomic mass is 9.59. The number of hydrogen-bond acceptors (Lipinski definition) is 5. The van der Waals surface area contributed by atoms with Crippen molar-refractivity contribution in [1.82, 2.24) is 19.3 Å². The van der Waals surface area contributed by atoms with Crippen molar-refractivity contribution in [3.63, 3.8) is 0 Å². The predicted octanol–water partition coefficient (Wildman–Crippen LogP) is 3.88. The number of imidazole rings is 1. The van der Waals surface area contributed by atoms with E-state index in [2.05, 4.69) is 27.2 Å². The summed E-state index contributed by atoms with van der Waals surface area (Å²) in [4.78, 5) is 16.4. The van der Waals surface area contributed by atoms with Crippen LogP contribution in [0.15, 0.2) is 12.3 Å². The Kier molecular flexibility index (Phi) is 4.06. The van der Waals surface area contributed by atoms with Crippen LogP contribution in [-0.4, -0.2) is 44.6 Å². The zero-order valence-corrected chi connectivity index (χ0v) is 17.9. The van der Waals surface area contributed by atoms with Crippen LogP contribution >= 0.6 is 0 Å². The molecule has 2 aromatic heterocycles. The Morgan fingerprint density at radius 1 is 1.30 bits per heavy atom. The fourth-order valence-electron chi connectivity index (χ4n) is 6.45. The van der Waals surface area contributed by atoms with Gasteiger partial charge in [-0.1, -0.05) is 0 Å². The Hall–Kier alpha value is -1.99. The van der Waals surface area contributed by atoms with Crippen LogP contribution in [-0.2, 0) is 21.4 Å². The third-order valence-electron chi connectivity index (χ3n) is 7.85. The summed E-state index contributed by atoms with van der Waals surface area (Å²) in [7, 11) is 0. The first kappa shape index (κ1) is 18.8. The number of carbonyl (C=O) groups excluding carboxylic acids is 1. The standard InChI is InChI=1S/C23H30N4O3/c1-15-11-26-17(18-10-24-21(16(2)28)27(15)18)9-19(25-26)23-7-6-22(12-23,13-23)14-30-20-5-3-4-8-29-20/h9-10,15,20H,3-8,11-14H2,1-2H3/t15-,20?,22?,23?/m0/s1. The predicted molar refractivity (Wildman–Crippen MR) is 110 cm³/mol. The van der Waals surface area contributed by atoms with Crippen molar-refractivity contribution in [3.05, 3.63) is 23.8 Å². The first-order valence-electron chi connectivity index (χ1n) is 11.4. The fourth-order valence-corrected chi connectivity index (χ4v) is 6.45. The summed E-state index contributed by atoms with van der Waals surface area (Å²) >= 11 is 0. The van der Waals surface area contributed by atoms with Gasteiger partial charge < -0.3 is 14.0 Å². The van der Waals surface area contributed by atoms with E-state index in [0.717, 1.165) is 56.8 Å². The molecule has 0 amide bonds. The fraction of sp³-hybridized carbons (Fsp3) is 0.696. The summed E-state index contributed by atoms with van der Waals surface area (Å²) in [6.07, 6.45) is 9.96. The lowest BCUT2D eigenvalue weighted by molar-refractivity contribution is -0.186. The molecule has 1 unspecified atom stereocenters. The van der Waals surface area contributed by atoms with Crippen LogP contribution in [0.25, 0.3) is 11.4 Å². The molecule has 7 nitrogen and oxygen atoms in total. The highest BCUT2D eigenvalue weighted by atomic mass is 16.7. The van der Waals surface area contributed by atoms with Gasteiger partial charge in [-0.15, -0.1) is 0 Å². The van der Waals surface area contributed by atoms with Crippen LogP contribution in [0.4, 0.5) is 0 Å². The van der Waals surface area contributed by atoms with Crippen molar-refractivity contribution in [3.8, 4) is 11.4 Å². The lowest BCUT2D eigenvalue weighted by Crippen LogP contribution is -2.44. The molecule has 160 valence electrons. The highest BCUT2D eigenvalue weighted by Crippen LogP contribution is 2.67. The van der Waals surface area contributed by atoms with Gasteiger partial charge in [0.2, 0.25) is 0 Å². The van der Waals surface area contributed by atoms with Gasteiger partial charge in [0.15, 0.2) is 17.9 Å². The molecule has 30 heavy (non-hydrogen) atoms. The van der Waals surface area contributed by atoms with E-state index in [4.69, 9.17) is 14.6 Å². The molecule has 5 aliphatic rings. The number of aromatic nitrogens is 4. The van der Waals surface area contributed by atoms with Gasteiger partial charge in [0, 0.05) is 18.9 Å². The van der Waals surface area contributed by atoms with Gasteiger partial charge in [-0.3, -0.25) is 9.48 Å². The van der Waals surface area contributed by atoms with Crippen molar-refractivity contribution >= 4 is 5.78 Å². The summed E-state index contributed by atoms with van der Waals surface area (Å²) in [6, 6.07) is 2.43. The molecule has 0 aromatic carbocycles. The van der Waals surface area contributed by atoms with Gasteiger partial charge in [-0.2, -0.15) is 5.10 Å². The second kappa shape index (κ2) is 6.50. The van der Waals surface area contributed by atoms with Gasteiger partial charge in [0.25, 0.3) is 0 Å². The number of ketones is 1. The van der Waals surface area contributed by atoms with Crippen LogP contribution in [0, 0.1) is 5.41 Å². The normalized spacial score (nSPS) is 34.3. The molecular weight excluding hydrogens is 380 g/mol. The zero-order chi connectivity index (χ0) is 20.5. The van der Waals surface area contributed by atoms with E-state index < -0.39 is 0 Å². The van der Waals surface area contributed by atoms with Crippen LogP contribution in [0.5, 0.6) is 0 Å². The van der Waals surface area contributed by atoms with E-state index in [1.807, 2.05) is 6.20 Å². The Labute approximate surface area is 176 Å². The molecule has 3 aliphatic carbocycles. The molecule has 4 heterocycles. The molecule has 2 bridgehead atoms. The van der Waals surface area contributed by atoms with E-state index in [0.29, 0.717) is 11.2 Å². The number of fused-ring (bicyclic) bond motifs is 4. The molecule has 2 atom stereocenters. The second-order valence-electron chi connectivity index (χ2n) is 10.1. The van der Waals surface area contributed by atoms with Gasteiger partial charge in [-0.25, -0.2) is 4.98 Å². The minimum absolute atomic E-state index is 0.000825. The zero-order valence-electron chi connectivity index (χ0n) is 17.9. The van der Waals surface area contributed by atoms with Gasteiger partial charge in [0.1, 0.15) is 0 Å². The highest BCUT2D eigenvalue weighted by Gasteiger charge is 2.62. The molecule has 7 rings (SSSR count). The summed E-state index contributed by atoms with van der Waals surface area (Å²) < 4.78 is 16.1. The SMILES string of the molecule is CC(=O)c1ncc2n1[C@@H](C)Cn1nc(C34CCC(COC5CCCCO5)(C3)C4)cc1-2. The Balaban J connectivity index is 1.22. The van der Waals surface area contributed by atoms with Crippen molar-refractivity contribution in [2.45, 2.75) is 83.1 Å². The largest absolute Gasteiger partial charge is 0.353 e. The highest BCUT2D eigenvalue weighted by molar-refractivity contribution is 5.91. The van der Waals surface area contributed by atoms with Gasteiger partial charge in [-0.05, 0) is 63.4 Å². The maximum absolute atomic E-state index is 12.0. The summed E-state index contributed by atoms with van der Waals surface area (Å²) in [5, 5.41) is 5.05. The molecule has 0 radical (unpaired) electrons. The van der Waals surface area contributed by atoms with Crippen LogP contribution in [0.1, 0.15) is 81.1 Å². The topological polar surface area (TPSA) is 71.2 Å². The molecule has 4 fully saturated rings. The van der Waals surface area contributed by atoms with E-state index in [-0.39, 0.29) is 23.5 Å². The quantitative estimate of drug-likeness (QED) is 0.700. The molecule has 7 heteroatoms. The number of hydrogen-bond donors (Lipinski definition) is 0. The Morgan fingerprint density at radius 2 is 2.17 bits per heavy atom. The van der Waals surface area contributed by atoms with Crippen molar-refractivity contribution < 1.29 is 14.3 Å². The summed E-state index contributed by atoms with van der Waals surface area (Å²) in [5.41, 5.74) is 3.82. The number of nitrogens with zero attached hydrogens (tertiary/aromatic N) is 4. The average molecular weight is 411 g/mol. The van der Waals surface area contributed by atoms with Crippen molar-refractivity contribution in [2.75, 3.05) is 13.2 Å². The molecule has 3 saturated carbocycles. The molecular formula is C23H30N4O3. The molecule has 2 aromatic rings. The number of Topliss-reactive ketones (excluding diaryl/α,β-unsaturated/α-hetero) is 1. The number of ether oxygens (including phenoxy) is 2. The van der Waals surface area contributed by atoms with Crippen LogP contribution in [0.3, 0.4) is 0 Å². The molecule has 2 aliphatic heterocycles. The Bertz CT molecular complexity index is 994. The molecule has 0 N–H and O–H groups in total. The third-order valence-corrected chi connectivity index (χ3v) is 7.85. The lowest BCUT2D eigenvalue weighted by Gasteiger charge is -2.47. The van der Waals surface area contributed by atoms with Crippen molar-refractivity contribution in [2.24, 2.45) is 5.41 Å². The maximum Gasteiger partial charge on any atom is 0.195 e. The number of carbonyl (C=O) groups is 1. The summed E-state index contributed by atoms with van der Waals surface area (Å²) in [5.74, 6) is 0.566. The third kappa shape index (κ3) is 2.67. The van der Waals surface area contributed by atoms with E-state index in [1.54, 1.807) is 6.92 Å². The van der Waals surface area contributed by atoms with Gasteiger partial charge in [0.05, 0.1) is 42.5 Å². The van der Waals surface area contributed by atoms with Crippen LogP contribution in [0.2, 0.25) is 0 Å². The summed E-state index contributed by atoms with van der Waals surface area (Å²) in [6.45, 7) is 6.16. The first-order chi connectivity index (χ1) is 14.5. The molecule has 1 saturated heterocycles. The van der Waals surface area contributed by atoms with Gasteiger partial charge >= 0.3 is 0 Å².